The summed E-state index contributed by atoms with van der Waals surface area (Å²) in [6.07, 6.45) is 1.96. The number of nitrogens with one attached hydrogen (secondary N) is 1. The van der Waals surface area contributed by atoms with E-state index in [4.69, 9.17) is 0 Å². The summed E-state index contributed by atoms with van der Waals surface area (Å²) in [5.41, 5.74) is 2.00. The molecule has 0 bridgehead atoms. The Morgan fingerprint density at radius 2 is 2.07 bits per heavy atom. The van der Waals surface area contributed by atoms with Crippen LogP contribution in [0.4, 0.5) is 10.2 Å². The molecule has 1 N–H and O–H groups in total. The highest BCUT2D eigenvalue weighted by Gasteiger charge is 2.16. The molecule has 0 unspecified atom stereocenters. The molecular formula is C19H15FN4OS2. The lowest BCUT2D eigenvalue weighted by molar-refractivity contribution is 0.102. The first-order valence-corrected chi connectivity index (χ1v) is 10.2. The average Bonchev–Trinajstić information content (AvgIpc) is 3.24. The molecule has 27 heavy (non-hydrogen) atoms. The summed E-state index contributed by atoms with van der Waals surface area (Å²) in [6.45, 7) is 1.84. The molecule has 2 heterocycles. The van der Waals surface area contributed by atoms with E-state index in [0.717, 1.165) is 15.3 Å². The molecule has 0 saturated heterocycles. The number of fused-ring (bicyclic) bond motifs is 1. The second kappa shape index (κ2) is 7.13. The molecule has 1 amide bonds. The fourth-order valence-electron chi connectivity index (χ4n) is 2.66. The fraction of sp³-hybridized carbons (Fsp3) is 0.105. The third kappa shape index (κ3) is 3.58. The lowest BCUT2D eigenvalue weighted by atomic mass is 10.2. The Hall–Kier alpha value is -2.71. The Kier molecular flexibility index (Phi) is 4.67. The summed E-state index contributed by atoms with van der Waals surface area (Å²) in [5.74, 6) is -0.0117. The number of rotatable bonds is 4. The molecule has 0 saturated carbocycles. The predicted octanol–water partition coefficient (Wildman–Crippen LogP) is 4.90. The summed E-state index contributed by atoms with van der Waals surface area (Å²) in [4.78, 5) is 18.2. The maximum atomic E-state index is 13.5. The molecule has 8 heteroatoms. The average molecular weight is 398 g/mol. The van der Waals surface area contributed by atoms with Crippen molar-refractivity contribution >= 4 is 45.0 Å². The zero-order chi connectivity index (χ0) is 19.0. The normalized spacial score (nSPS) is 11.1. The zero-order valence-electron chi connectivity index (χ0n) is 14.6. The van der Waals surface area contributed by atoms with E-state index in [-0.39, 0.29) is 11.7 Å². The van der Waals surface area contributed by atoms with E-state index in [1.807, 2.05) is 31.4 Å². The maximum Gasteiger partial charge on any atom is 0.256 e. The number of hydrogen-bond donors (Lipinski definition) is 1. The van der Waals surface area contributed by atoms with E-state index in [2.05, 4.69) is 15.4 Å². The Balaban J connectivity index is 1.68. The molecule has 0 atom stereocenters. The number of anilines is 1. The quantitative estimate of drug-likeness (QED) is 0.497. The van der Waals surface area contributed by atoms with Crippen LogP contribution in [0.2, 0.25) is 0 Å². The third-order valence-electron chi connectivity index (χ3n) is 3.93. The number of nitrogens with zero attached hydrogens (tertiary/aromatic N) is 3. The van der Waals surface area contributed by atoms with Crippen molar-refractivity contribution in [3.8, 4) is 5.13 Å². The van der Waals surface area contributed by atoms with Crippen LogP contribution in [0.1, 0.15) is 16.1 Å². The smallest absolute Gasteiger partial charge is 0.256 e. The van der Waals surface area contributed by atoms with E-state index in [9.17, 15) is 9.18 Å². The molecule has 0 spiro atoms. The highest BCUT2D eigenvalue weighted by atomic mass is 32.2. The summed E-state index contributed by atoms with van der Waals surface area (Å²) in [7, 11) is 0. The Labute approximate surface area is 163 Å². The lowest BCUT2D eigenvalue weighted by Gasteiger charge is -2.07. The van der Waals surface area contributed by atoms with Gasteiger partial charge in [-0.25, -0.2) is 9.37 Å². The van der Waals surface area contributed by atoms with Crippen LogP contribution in [0.25, 0.3) is 15.3 Å². The highest BCUT2D eigenvalue weighted by molar-refractivity contribution is 7.98. The monoisotopic (exact) mass is 398 g/mol. The van der Waals surface area contributed by atoms with Gasteiger partial charge in [0.25, 0.3) is 5.91 Å². The van der Waals surface area contributed by atoms with Crippen molar-refractivity contribution in [2.75, 3.05) is 11.6 Å². The molecule has 0 radical (unpaired) electrons. The van der Waals surface area contributed by atoms with Crippen LogP contribution < -0.4 is 5.32 Å². The molecule has 0 aliphatic rings. The lowest BCUT2D eigenvalue weighted by Crippen LogP contribution is -2.15. The van der Waals surface area contributed by atoms with Gasteiger partial charge in [-0.05, 0) is 49.6 Å². The van der Waals surface area contributed by atoms with Crippen LogP contribution in [0.15, 0.2) is 53.4 Å². The van der Waals surface area contributed by atoms with E-state index in [1.165, 1.54) is 23.5 Å². The summed E-state index contributed by atoms with van der Waals surface area (Å²) in [6, 6.07) is 13.6. The number of aryl methyl sites for hydroxylation is 1. The standard InChI is InChI=1S/C19H15FN4OS2/c1-11-8-17(22-18(25)12-4-3-5-14(9-12)26-2)24(23-11)19-21-15-7-6-13(20)10-16(15)27-19/h3-10H,1-2H3,(H,22,25). The van der Waals surface area contributed by atoms with E-state index < -0.39 is 0 Å². The van der Waals surface area contributed by atoms with Gasteiger partial charge in [-0.3, -0.25) is 4.79 Å². The first kappa shape index (κ1) is 17.7. The highest BCUT2D eigenvalue weighted by Crippen LogP contribution is 2.28. The van der Waals surface area contributed by atoms with Crippen molar-refractivity contribution in [1.82, 2.24) is 14.8 Å². The second-order valence-corrected chi connectivity index (χ2v) is 7.77. The van der Waals surface area contributed by atoms with Crippen molar-refractivity contribution in [1.29, 1.82) is 0 Å². The van der Waals surface area contributed by atoms with Crippen molar-refractivity contribution in [3.05, 3.63) is 65.6 Å². The Morgan fingerprint density at radius 3 is 2.89 bits per heavy atom. The molecule has 4 rings (SSSR count). The van der Waals surface area contributed by atoms with Crippen molar-refractivity contribution in [2.24, 2.45) is 0 Å². The number of thiazole rings is 1. The largest absolute Gasteiger partial charge is 0.306 e. The van der Waals surface area contributed by atoms with Gasteiger partial charge in [-0.2, -0.15) is 9.78 Å². The van der Waals surface area contributed by atoms with Crippen LogP contribution in [0.3, 0.4) is 0 Å². The van der Waals surface area contributed by atoms with Crippen LogP contribution >= 0.6 is 23.1 Å². The number of halogens is 1. The second-order valence-electron chi connectivity index (χ2n) is 5.88. The van der Waals surface area contributed by atoms with Gasteiger partial charge < -0.3 is 5.32 Å². The molecule has 4 aromatic rings. The summed E-state index contributed by atoms with van der Waals surface area (Å²) in [5, 5.41) is 7.90. The van der Waals surface area contributed by atoms with Crippen LogP contribution in [-0.4, -0.2) is 26.9 Å². The minimum Gasteiger partial charge on any atom is -0.306 e. The fourth-order valence-corrected chi connectivity index (χ4v) is 4.08. The minimum atomic E-state index is -0.309. The predicted molar refractivity (Wildman–Crippen MR) is 108 cm³/mol. The van der Waals surface area contributed by atoms with Crippen LogP contribution in [-0.2, 0) is 0 Å². The Morgan fingerprint density at radius 1 is 1.22 bits per heavy atom. The zero-order valence-corrected chi connectivity index (χ0v) is 16.2. The molecule has 0 fully saturated rings. The summed E-state index contributed by atoms with van der Waals surface area (Å²) >= 11 is 2.89. The van der Waals surface area contributed by atoms with E-state index in [1.54, 1.807) is 34.6 Å². The number of thioether (sulfide) groups is 1. The molecule has 2 aromatic heterocycles. The van der Waals surface area contributed by atoms with Gasteiger partial charge in [0.1, 0.15) is 11.6 Å². The van der Waals surface area contributed by atoms with Gasteiger partial charge >= 0.3 is 0 Å². The molecule has 0 aliphatic heterocycles. The maximum absolute atomic E-state index is 13.5. The van der Waals surface area contributed by atoms with Gasteiger partial charge in [-0.1, -0.05) is 17.4 Å². The van der Waals surface area contributed by atoms with Gasteiger partial charge in [0.2, 0.25) is 5.13 Å². The van der Waals surface area contributed by atoms with Crippen LogP contribution in [0, 0.1) is 12.7 Å². The van der Waals surface area contributed by atoms with Gasteiger partial charge in [0.05, 0.1) is 15.9 Å². The molecule has 0 aliphatic carbocycles. The number of benzene rings is 2. The number of carbonyl (C=O) groups is 1. The number of amides is 1. The first-order chi connectivity index (χ1) is 13.0. The number of aromatic nitrogens is 3. The van der Waals surface area contributed by atoms with Gasteiger partial charge in [0.15, 0.2) is 0 Å². The van der Waals surface area contributed by atoms with E-state index >= 15 is 0 Å². The number of carbonyl (C=O) groups excluding carboxylic acids is 1. The molecular weight excluding hydrogens is 383 g/mol. The SMILES string of the molecule is CSc1cccc(C(=O)Nc2cc(C)nn2-c2nc3ccc(F)cc3s2)c1. The van der Waals surface area contributed by atoms with Crippen molar-refractivity contribution in [2.45, 2.75) is 11.8 Å². The molecule has 5 nitrogen and oxygen atoms in total. The third-order valence-corrected chi connectivity index (χ3v) is 5.64. The van der Waals surface area contributed by atoms with Crippen molar-refractivity contribution < 1.29 is 9.18 Å². The van der Waals surface area contributed by atoms with Gasteiger partial charge in [0, 0.05) is 16.5 Å². The first-order valence-electron chi connectivity index (χ1n) is 8.12. The summed E-state index contributed by atoms with van der Waals surface area (Å²) < 4.78 is 15.8. The van der Waals surface area contributed by atoms with Gasteiger partial charge in [-0.15, -0.1) is 11.8 Å². The topological polar surface area (TPSA) is 59.8 Å². The minimum absolute atomic E-state index is 0.223. The van der Waals surface area contributed by atoms with Crippen LogP contribution in [0.5, 0.6) is 0 Å². The number of hydrogen-bond acceptors (Lipinski definition) is 5. The van der Waals surface area contributed by atoms with Crippen molar-refractivity contribution in [3.63, 3.8) is 0 Å². The Bertz CT molecular complexity index is 1150. The molecule has 136 valence electrons. The van der Waals surface area contributed by atoms with E-state index in [0.29, 0.717) is 22.0 Å². The molecule has 2 aromatic carbocycles.